The quantitative estimate of drug-likeness (QED) is 0.444. The van der Waals surface area contributed by atoms with Gasteiger partial charge in [0.05, 0.1) is 17.8 Å². The highest BCUT2D eigenvalue weighted by Crippen LogP contribution is 2.31. The summed E-state index contributed by atoms with van der Waals surface area (Å²) in [5.74, 6) is 0.793. The van der Waals surface area contributed by atoms with Crippen LogP contribution in [0.2, 0.25) is 5.02 Å². The number of methoxy groups -OCH3 is 1. The highest BCUT2D eigenvalue weighted by atomic mass is 35.5. The van der Waals surface area contributed by atoms with Gasteiger partial charge in [-0.25, -0.2) is 14.4 Å². The van der Waals surface area contributed by atoms with Gasteiger partial charge in [0.2, 0.25) is 5.91 Å². The van der Waals surface area contributed by atoms with E-state index in [-0.39, 0.29) is 10.9 Å². The molecule has 1 heterocycles. The summed E-state index contributed by atoms with van der Waals surface area (Å²) in [6.07, 6.45) is 4.46. The summed E-state index contributed by atoms with van der Waals surface area (Å²) in [4.78, 5) is 20.1. The maximum Gasteiger partial charge on any atom is 0.248 e. The molecule has 0 saturated carbocycles. The molecule has 7 nitrogen and oxygen atoms in total. The van der Waals surface area contributed by atoms with Crippen molar-refractivity contribution in [1.82, 2.24) is 9.97 Å². The van der Waals surface area contributed by atoms with E-state index in [0.29, 0.717) is 34.4 Å². The van der Waals surface area contributed by atoms with E-state index in [1.54, 1.807) is 50.4 Å². The highest BCUT2D eigenvalue weighted by Gasteiger charge is 2.09. The molecule has 0 fully saturated rings. The molecule has 0 spiro atoms. The van der Waals surface area contributed by atoms with Crippen LogP contribution in [0.15, 0.2) is 60.9 Å². The minimum atomic E-state index is -0.499. The van der Waals surface area contributed by atoms with E-state index in [1.165, 1.54) is 24.5 Å². The van der Waals surface area contributed by atoms with E-state index < -0.39 is 5.82 Å². The zero-order valence-electron chi connectivity index (χ0n) is 16.2. The van der Waals surface area contributed by atoms with Crippen LogP contribution in [0.25, 0.3) is 0 Å². The predicted octanol–water partition coefficient (Wildman–Crippen LogP) is 5.28. The largest absolute Gasteiger partial charge is 0.495 e. The van der Waals surface area contributed by atoms with Crippen LogP contribution in [0.1, 0.15) is 6.92 Å². The Bertz CT molecular complexity index is 1090. The summed E-state index contributed by atoms with van der Waals surface area (Å²) in [5.41, 5.74) is 1.78. The van der Waals surface area contributed by atoms with Crippen LogP contribution in [0, 0.1) is 5.82 Å². The van der Waals surface area contributed by atoms with Gasteiger partial charge in [-0.3, -0.25) is 4.79 Å². The minimum absolute atomic E-state index is 0.00826. The zero-order valence-corrected chi connectivity index (χ0v) is 17.0. The van der Waals surface area contributed by atoms with Crippen molar-refractivity contribution in [1.29, 1.82) is 0 Å². The standard InChI is InChI=1S/C21H19ClFN5O2/c1-3-4-21(29)27-14-6-8-18(30-2)17(10-14)28-20-11-19(24-12-25-20)26-13-5-7-16(23)15(22)9-13/h3-12H,1-2H3,(H,27,29)(H2,24,25,26,28)/b4-3+. The number of nitrogens with one attached hydrogen (secondary N) is 3. The topological polar surface area (TPSA) is 88.2 Å². The van der Waals surface area contributed by atoms with Gasteiger partial charge in [-0.05, 0) is 49.4 Å². The molecular weight excluding hydrogens is 409 g/mol. The Labute approximate surface area is 178 Å². The predicted molar refractivity (Wildman–Crippen MR) is 116 cm³/mol. The average Bonchev–Trinajstić information content (AvgIpc) is 2.71. The summed E-state index contributed by atoms with van der Waals surface area (Å²) in [6.45, 7) is 1.77. The van der Waals surface area contributed by atoms with Gasteiger partial charge in [-0.1, -0.05) is 17.7 Å². The molecule has 0 saturated heterocycles. The molecule has 2 aromatic carbocycles. The Kier molecular flexibility index (Phi) is 6.82. The first-order chi connectivity index (χ1) is 14.5. The number of benzene rings is 2. The third kappa shape index (κ3) is 5.45. The van der Waals surface area contributed by atoms with E-state index in [2.05, 4.69) is 25.9 Å². The number of hydrogen-bond acceptors (Lipinski definition) is 6. The molecular formula is C21H19ClFN5O2. The first-order valence-corrected chi connectivity index (χ1v) is 9.29. The Morgan fingerprint density at radius 2 is 1.80 bits per heavy atom. The number of amides is 1. The van der Waals surface area contributed by atoms with Crippen LogP contribution >= 0.6 is 11.6 Å². The lowest BCUT2D eigenvalue weighted by atomic mass is 10.2. The number of anilines is 5. The Hall–Kier alpha value is -3.65. The molecule has 1 aromatic heterocycles. The van der Waals surface area contributed by atoms with E-state index in [4.69, 9.17) is 16.3 Å². The molecule has 0 radical (unpaired) electrons. The lowest BCUT2D eigenvalue weighted by molar-refractivity contribution is -0.111. The molecule has 9 heteroatoms. The Balaban J connectivity index is 1.80. The number of carbonyl (C=O) groups excluding carboxylic acids is 1. The van der Waals surface area contributed by atoms with Crippen molar-refractivity contribution in [3.63, 3.8) is 0 Å². The number of allylic oxidation sites excluding steroid dienone is 1. The van der Waals surface area contributed by atoms with Gasteiger partial charge in [0.25, 0.3) is 0 Å². The van der Waals surface area contributed by atoms with Gasteiger partial charge in [-0.2, -0.15) is 0 Å². The van der Waals surface area contributed by atoms with Gasteiger partial charge in [-0.15, -0.1) is 0 Å². The number of aromatic nitrogens is 2. The first-order valence-electron chi connectivity index (χ1n) is 8.91. The van der Waals surface area contributed by atoms with E-state index in [9.17, 15) is 9.18 Å². The summed E-state index contributed by atoms with van der Waals surface area (Å²) >= 11 is 5.81. The molecule has 3 aromatic rings. The monoisotopic (exact) mass is 427 g/mol. The van der Waals surface area contributed by atoms with Crippen molar-refractivity contribution in [3.05, 3.63) is 71.8 Å². The normalized spacial score (nSPS) is 10.7. The van der Waals surface area contributed by atoms with Crippen LogP contribution in [-0.4, -0.2) is 23.0 Å². The van der Waals surface area contributed by atoms with E-state index >= 15 is 0 Å². The second kappa shape index (κ2) is 9.71. The number of ether oxygens (including phenoxy) is 1. The molecule has 154 valence electrons. The maximum atomic E-state index is 13.3. The fourth-order valence-electron chi connectivity index (χ4n) is 2.57. The number of carbonyl (C=O) groups is 1. The summed E-state index contributed by atoms with van der Waals surface area (Å²) in [7, 11) is 1.55. The van der Waals surface area contributed by atoms with Gasteiger partial charge < -0.3 is 20.7 Å². The third-order valence-electron chi connectivity index (χ3n) is 3.91. The van der Waals surface area contributed by atoms with E-state index in [0.717, 1.165) is 0 Å². The van der Waals surface area contributed by atoms with Crippen molar-refractivity contribution in [2.24, 2.45) is 0 Å². The fourth-order valence-corrected chi connectivity index (χ4v) is 2.75. The highest BCUT2D eigenvalue weighted by molar-refractivity contribution is 6.31. The molecule has 0 bridgehead atoms. The maximum absolute atomic E-state index is 13.3. The first kappa shape index (κ1) is 21.1. The second-order valence-electron chi connectivity index (χ2n) is 6.07. The molecule has 0 aliphatic carbocycles. The molecule has 30 heavy (non-hydrogen) atoms. The molecule has 0 aliphatic rings. The number of hydrogen-bond donors (Lipinski definition) is 3. The molecule has 0 atom stereocenters. The molecule has 1 amide bonds. The molecule has 3 N–H and O–H groups in total. The molecule has 0 unspecified atom stereocenters. The minimum Gasteiger partial charge on any atom is -0.495 e. The average molecular weight is 428 g/mol. The van der Waals surface area contributed by atoms with Crippen molar-refractivity contribution in [2.45, 2.75) is 6.92 Å². The summed E-state index contributed by atoms with van der Waals surface area (Å²) < 4.78 is 18.7. The summed E-state index contributed by atoms with van der Waals surface area (Å²) in [6, 6.07) is 11.1. The van der Waals surface area contributed by atoms with Crippen LogP contribution in [0.5, 0.6) is 5.75 Å². The van der Waals surface area contributed by atoms with Gasteiger partial charge in [0.1, 0.15) is 29.5 Å². The summed E-state index contributed by atoms with van der Waals surface area (Å²) in [5, 5.41) is 8.96. The van der Waals surface area contributed by atoms with Gasteiger partial charge in [0.15, 0.2) is 0 Å². The van der Waals surface area contributed by atoms with Crippen LogP contribution in [0.4, 0.5) is 33.1 Å². The molecule has 0 aliphatic heterocycles. The lowest BCUT2D eigenvalue weighted by Crippen LogP contribution is -2.08. The van der Waals surface area contributed by atoms with Gasteiger partial charge >= 0.3 is 0 Å². The van der Waals surface area contributed by atoms with E-state index in [1.807, 2.05) is 0 Å². The smallest absolute Gasteiger partial charge is 0.248 e. The lowest BCUT2D eigenvalue weighted by Gasteiger charge is -2.13. The number of halogens is 2. The van der Waals surface area contributed by atoms with Crippen molar-refractivity contribution in [2.75, 3.05) is 23.1 Å². The third-order valence-corrected chi connectivity index (χ3v) is 4.20. The Morgan fingerprint density at radius 3 is 2.50 bits per heavy atom. The second-order valence-corrected chi connectivity index (χ2v) is 6.48. The number of rotatable bonds is 7. The zero-order chi connectivity index (χ0) is 21.5. The SMILES string of the molecule is C/C=C/C(=O)Nc1ccc(OC)c(Nc2cc(Nc3ccc(F)c(Cl)c3)ncn2)c1. The van der Waals surface area contributed by atoms with Crippen LogP contribution < -0.4 is 20.7 Å². The van der Waals surface area contributed by atoms with Crippen molar-refractivity contribution >= 4 is 46.2 Å². The fraction of sp³-hybridized carbons (Fsp3) is 0.0952. The van der Waals surface area contributed by atoms with Crippen LogP contribution in [-0.2, 0) is 4.79 Å². The van der Waals surface area contributed by atoms with Crippen molar-refractivity contribution in [3.8, 4) is 5.75 Å². The van der Waals surface area contributed by atoms with Crippen LogP contribution in [0.3, 0.4) is 0 Å². The van der Waals surface area contributed by atoms with Gasteiger partial charge in [0, 0.05) is 17.4 Å². The van der Waals surface area contributed by atoms with Crippen molar-refractivity contribution < 1.29 is 13.9 Å². The number of nitrogens with zero attached hydrogens (tertiary/aromatic N) is 2. The molecule has 3 rings (SSSR count). The Morgan fingerprint density at radius 1 is 1.07 bits per heavy atom.